The Kier molecular flexibility index (Phi) is 7.99. The zero-order valence-corrected chi connectivity index (χ0v) is 17.9. The van der Waals surface area contributed by atoms with Gasteiger partial charge < -0.3 is 24.4 Å². The third-order valence-corrected chi connectivity index (χ3v) is 4.88. The molecule has 0 spiro atoms. The first-order valence-electron chi connectivity index (χ1n) is 10.1. The summed E-state index contributed by atoms with van der Waals surface area (Å²) in [7, 11) is 1.52. The maximum Gasteiger partial charge on any atom is 0.573 e. The van der Waals surface area contributed by atoms with Crippen LogP contribution in [-0.4, -0.2) is 74.4 Å². The summed E-state index contributed by atoms with van der Waals surface area (Å²) in [4.78, 5) is 28.3. The van der Waals surface area contributed by atoms with Gasteiger partial charge in [-0.05, 0) is 36.4 Å². The number of alkyl halides is 3. The van der Waals surface area contributed by atoms with Crippen LogP contribution in [0.1, 0.15) is 0 Å². The molecule has 2 aromatic rings. The predicted octanol–water partition coefficient (Wildman–Crippen LogP) is 2.76. The molecule has 11 heteroatoms. The number of carbonyl (C=O) groups is 2. The van der Waals surface area contributed by atoms with E-state index < -0.39 is 6.36 Å². The van der Waals surface area contributed by atoms with Crippen molar-refractivity contribution in [2.45, 2.75) is 6.36 Å². The molecule has 0 bridgehead atoms. The normalized spacial score (nSPS) is 14.5. The van der Waals surface area contributed by atoms with E-state index in [4.69, 9.17) is 9.47 Å². The van der Waals surface area contributed by atoms with Crippen LogP contribution in [0.25, 0.3) is 0 Å². The largest absolute Gasteiger partial charge is 0.573 e. The Morgan fingerprint density at radius 2 is 1.61 bits per heavy atom. The Balaban J connectivity index is 1.39. The molecule has 0 saturated carbocycles. The Morgan fingerprint density at radius 3 is 2.21 bits per heavy atom. The van der Waals surface area contributed by atoms with Gasteiger partial charge in [0.25, 0.3) is 5.91 Å². The van der Waals surface area contributed by atoms with E-state index in [0.717, 1.165) is 12.1 Å². The van der Waals surface area contributed by atoms with E-state index in [2.05, 4.69) is 10.1 Å². The summed E-state index contributed by atoms with van der Waals surface area (Å²) < 4.78 is 51.2. The van der Waals surface area contributed by atoms with E-state index in [1.165, 1.54) is 19.2 Å². The fourth-order valence-electron chi connectivity index (χ4n) is 3.27. The maximum atomic E-state index is 12.4. The molecule has 1 heterocycles. The lowest BCUT2D eigenvalue weighted by Crippen LogP contribution is -2.51. The highest BCUT2D eigenvalue weighted by molar-refractivity contribution is 5.92. The smallest absolute Gasteiger partial charge is 0.493 e. The van der Waals surface area contributed by atoms with Gasteiger partial charge in [-0.1, -0.05) is 12.1 Å². The molecule has 0 unspecified atom stereocenters. The Hall–Kier alpha value is -3.47. The van der Waals surface area contributed by atoms with Crippen molar-refractivity contribution in [2.24, 2.45) is 0 Å². The van der Waals surface area contributed by atoms with Crippen LogP contribution < -0.4 is 19.5 Å². The number of anilines is 1. The molecule has 1 N–H and O–H groups in total. The number of piperazine rings is 1. The molecule has 0 radical (unpaired) electrons. The number of halogens is 3. The molecule has 178 valence electrons. The van der Waals surface area contributed by atoms with Crippen LogP contribution in [0.5, 0.6) is 17.2 Å². The van der Waals surface area contributed by atoms with Crippen LogP contribution in [0.15, 0.2) is 48.5 Å². The minimum atomic E-state index is -4.77. The molecule has 2 aromatic carbocycles. The molecule has 1 fully saturated rings. The van der Waals surface area contributed by atoms with E-state index in [1.54, 1.807) is 29.2 Å². The van der Waals surface area contributed by atoms with E-state index >= 15 is 0 Å². The number of hydrogen-bond donors (Lipinski definition) is 1. The number of para-hydroxylation sites is 2. The summed E-state index contributed by atoms with van der Waals surface area (Å²) in [5.74, 6) is 0.200. The minimum Gasteiger partial charge on any atom is -0.493 e. The van der Waals surface area contributed by atoms with Gasteiger partial charge in [0.2, 0.25) is 5.91 Å². The predicted molar refractivity (Wildman–Crippen MR) is 113 cm³/mol. The Labute approximate surface area is 188 Å². The third-order valence-electron chi connectivity index (χ3n) is 4.88. The molecule has 0 aliphatic carbocycles. The van der Waals surface area contributed by atoms with Gasteiger partial charge in [-0.3, -0.25) is 14.5 Å². The molecule has 1 saturated heterocycles. The van der Waals surface area contributed by atoms with Crippen LogP contribution >= 0.6 is 0 Å². The SMILES string of the molecule is COc1ccccc1OCC(=O)N1CCN(CC(=O)Nc2ccc(OC(F)(F)F)cc2)CC1. The second-order valence-corrected chi connectivity index (χ2v) is 7.22. The van der Waals surface area contributed by atoms with Crippen molar-refractivity contribution in [3.63, 3.8) is 0 Å². The fourth-order valence-corrected chi connectivity index (χ4v) is 3.27. The van der Waals surface area contributed by atoms with Gasteiger partial charge in [0.1, 0.15) is 5.75 Å². The van der Waals surface area contributed by atoms with Crippen LogP contribution in [0.3, 0.4) is 0 Å². The number of rotatable bonds is 8. The third kappa shape index (κ3) is 7.56. The van der Waals surface area contributed by atoms with Crippen molar-refractivity contribution in [3.05, 3.63) is 48.5 Å². The number of ether oxygens (including phenoxy) is 3. The summed E-state index contributed by atoms with van der Waals surface area (Å²) >= 11 is 0. The number of methoxy groups -OCH3 is 1. The monoisotopic (exact) mass is 467 g/mol. The summed E-state index contributed by atoms with van der Waals surface area (Å²) in [6.45, 7) is 1.89. The highest BCUT2D eigenvalue weighted by Crippen LogP contribution is 2.26. The second-order valence-electron chi connectivity index (χ2n) is 7.22. The van der Waals surface area contributed by atoms with Gasteiger partial charge in [-0.25, -0.2) is 0 Å². The zero-order chi connectivity index (χ0) is 23.8. The average Bonchev–Trinajstić information content (AvgIpc) is 2.78. The van der Waals surface area contributed by atoms with Crippen molar-refractivity contribution in [3.8, 4) is 17.2 Å². The van der Waals surface area contributed by atoms with Crippen LogP contribution in [-0.2, 0) is 9.59 Å². The van der Waals surface area contributed by atoms with Crippen LogP contribution in [0, 0.1) is 0 Å². The molecule has 33 heavy (non-hydrogen) atoms. The van der Waals surface area contributed by atoms with E-state index in [1.807, 2.05) is 4.90 Å². The molecule has 1 aliphatic heterocycles. The van der Waals surface area contributed by atoms with Gasteiger partial charge in [-0.15, -0.1) is 13.2 Å². The molecule has 2 amide bonds. The van der Waals surface area contributed by atoms with Gasteiger partial charge in [0, 0.05) is 31.9 Å². The van der Waals surface area contributed by atoms with E-state index in [-0.39, 0.29) is 30.7 Å². The Bertz CT molecular complexity index is 945. The van der Waals surface area contributed by atoms with E-state index in [9.17, 15) is 22.8 Å². The summed E-state index contributed by atoms with van der Waals surface area (Å²) in [5.41, 5.74) is 0.358. The number of carbonyl (C=O) groups excluding carboxylic acids is 2. The first-order valence-corrected chi connectivity index (χ1v) is 10.1. The summed E-state index contributed by atoms with van der Waals surface area (Å²) in [6, 6.07) is 12.0. The molecule has 0 atom stereocenters. The van der Waals surface area contributed by atoms with Crippen molar-refractivity contribution >= 4 is 17.5 Å². The minimum absolute atomic E-state index is 0.0978. The highest BCUT2D eigenvalue weighted by atomic mass is 19.4. The topological polar surface area (TPSA) is 80.3 Å². The molecular formula is C22H24F3N3O5. The lowest BCUT2D eigenvalue weighted by atomic mass is 10.3. The second kappa shape index (κ2) is 10.9. The number of nitrogens with one attached hydrogen (secondary N) is 1. The highest BCUT2D eigenvalue weighted by Gasteiger charge is 2.31. The van der Waals surface area contributed by atoms with Crippen molar-refractivity contribution in [2.75, 3.05) is 51.8 Å². The van der Waals surface area contributed by atoms with E-state index in [0.29, 0.717) is 43.4 Å². The van der Waals surface area contributed by atoms with Gasteiger partial charge in [0.15, 0.2) is 18.1 Å². The van der Waals surface area contributed by atoms with Crippen molar-refractivity contribution in [1.29, 1.82) is 0 Å². The van der Waals surface area contributed by atoms with Gasteiger partial charge in [-0.2, -0.15) is 0 Å². The number of hydrogen-bond acceptors (Lipinski definition) is 6. The number of amides is 2. The first kappa shape index (κ1) is 24.2. The maximum absolute atomic E-state index is 12.4. The molecule has 8 nitrogen and oxygen atoms in total. The first-order chi connectivity index (χ1) is 15.7. The van der Waals surface area contributed by atoms with Crippen molar-refractivity contribution in [1.82, 2.24) is 9.80 Å². The number of nitrogens with zero attached hydrogens (tertiary/aromatic N) is 2. The average molecular weight is 467 g/mol. The van der Waals surface area contributed by atoms with Crippen LogP contribution in [0.2, 0.25) is 0 Å². The zero-order valence-electron chi connectivity index (χ0n) is 17.9. The summed E-state index contributed by atoms with van der Waals surface area (Å²) in [5, 5.41) is 2.63. The molecular weight excluding hydrogens is 443 g/mol. The molecule has 0 aromatic heterocycles. The Morgan fingerprint density at radius 1 is 0.970 bits per heavy atom. The fraction of sp³-hybridized carbons (Fsp3) is 0.364. The summed E-state index contributed by atoms with van der Waals surface area (Å²) in [6.07, 6.45) is -4.77. The lowest BCUT2D eigenvalue weighted by Gasteiger charge is -2.34. The van der Waals surface area contributed by atoms with Gasteiger partial charge in [0.05, 0.1) is 13.7 Å². The van der Waals surface area contributed by atoms with Crippen LogP contribution in [0.4, 0.5) is 18.9 Å². The lowest BCUT2D eigenvalue weighted by molar-refractivity contribution is -0.274. The molecule has 1 aliphatic rings. The van der Waals surface area contributed by atoms with Crippen molar-refractivity contribution < 1.29 is 37.0 Å². The molecule has 3 rings (SSSR count). The number of benzene rings is 2. The standard InChI is InChI=1S/C22H24F3N3O5/c1-31-18-4-2-3-5-19(18)32-15-21(30)28-12-10-27(11-13-28)14-20(29)26-16-6-8-17(9-7-16)33-22(23,24)25/h2-9H,10-15H2,1H3,(H,26,29). The van der Waals surface area contributed by atoms with Gasteiger partial charge >= 0.3 is 6.36 Å². The quantitative estimate of drug-likeness (QED) is 0.643.